The van der Waals surface area contributed by atoms with Crippen molar-refractivity contribution in [2.45, 2.75) is 32.7 Å². The van der Waals surface area contributed by atoms with Gasteiger partial charge in [0.05, 0.1) is 10.5 Å². The van der Waals surface area contributed by atoms with Crippen molar-refractivity contribution in [2.24, 2.45) is 0 Å². The third kappa shape index (κ3) is 4.05. The lowest BCUT2D eigenvalue weighted by Gasteiger charge is -2.12. The van der Waals surface area contributed by atoms with Gasteiger partial charge in [0.1, 0.15) is 5.69 Å². The number of hydrogen-bond acceptors (Lipinski definition) is 5. The Bertz CT molecular complexity index is 951. The maximum absolute atomic E-state index is 12.6. The summed E-state index contributed by atoms with van der Waals surface area (Å²) in [4.78, 5) is 34.7. The van der Waals surface area contributed by atoms with Gasteiger partial charge in [0.25, 0.3) is 11.6 Å². The van der Waals surface area contributed by atoms with E-state index in [4.69, 9.17) is 0 Å². The summed E-state index contributed by atoms with van der Waals surface area (Å²) in [6.45, 7) is 3.43. The van der Waals surface area contributed by atoms with Gasteiger partial charge in [-0.1, -0.05) is 6.07 Å². The largest absolute Gasteiger partial charge is 0.478 e. The first-order chi connectivity index (χ1) is 12.8. The monoisotopic (exact) mass is 369 g/mol. The number of carboxylic acids is 1. The molecule has 1 amide bonds. The van der Waals surface area contributed by atoms with Gasteiger partial charge in [-0.2, -0.15) is 0 Å². The zero-order chi connectivity index (χ0) is 19.7. The molecule has 0 atom stereocenters. The van der Waals surface area contributed by atoms with E-state index in [0.717, 1.165) is 12.8 Å². The van der Waals surface area contributed by atoms with Crippen LogP contribution in [0.15, 0.2) is 30.3 Å². The standard InChI is InChI=1S/C19H19N3O5/c1-10-7-11(2)16(9-14(10)19(24)25)21-18(23)12-3-6-15(20-13-4-5-13)17(8-12)22(26)27/h3,6-9,13,20H,4-5H2,1-2H3,(H,21,23)(H,24,25). The Morgan fingerprint density at radius 2 is 1.81 bits per heavy atom. The molecule has 1 aliphatic carbocycles. The average Bonchev–Trinajstić information content (AvgIpc) is 3.41. The fraction of sp³-hybridized carbons (Fsp3) is 0.263. The first-order valence-corrected chi connectivity index (χ1v) is 8.47. The number of nitro benzene ring substituents is 1. The maximum Gasteiger partial charge on any atom is 0.336 e. The van der Waals surface area contributed by atoms with Crippen LogP contribution in [0.5, 0.6) is 0 Å². The molecule has 2 aromatic rings. The second kappa shape index (κ2) is 7.06. The van der Waals surface area contributed by atoms with Crippen molar-refractivity contribution >= 4 is 28.9 Å². The Balaban J connectivity index is 1.88. The molecule has 8 nitrogen and oxygen atoms in total. The molecule has 2 aromatic carbocycles. The number of carbonyl (C=O) groups excluding carboxylic acids is 1. The molecular formula is C19H19N3O5. The summed E-state index contributed by atoms with van der Waals surface area (Å²) in [5.41, 5.74) is 2.08. The Labute approximate surface area is 155 Å². The molecule has 3 rings (SSSR count). The van der Waals surface area contributed by atoms with Gasteiger partial charge < -0.3 is 15.7 Å². The molecule has 8 heteroatoms. The van der Waals surface area contributed by atoms with Gasteiger partial charge in [-0.25, -0.2) is 4.79 Å². The molecule has 0 bridgehead atoms. The van der Waals surface area contributed by atoms with E-state index in [-0.39, 0.29) is 22.9 Å². The molecule has 0 aliphatic heterocycles. The molecule has 27 heavy (non-hydrogen) atoms. The first-order valence-electron chi connectivity index (χ1n) is 8.47. The predicted molar refractivity (Wildman–Crippen MR) is 101 cm³/mol. The van der Waals surface area contributed by atoms with Crippen LogP contribution in [0.2, 0.25) is 0 Å². The summed E-state index contributed by atoms with van der Waals surface area (Å²) >= 11 is 0. The third-order valence-electron chi connectivity index (χ3n) is 4.44. The van der Waals surface area contributed by atoms with Crippen molar-refractivity contribution in [1.82, 2.24) is 0 Å². The Hall–Kier alpha value is -3.42. The third-order valence-corrected chi connectivity index (χ3v) is 4.44. The highest BCUT2D eigenvalue weighted by molar-refractivity contribution is 6.06. The lowest BCUT2D eigenvalue weighted by molar-refractivity contribution is -0.384. The average molecular weight is 369 g/mol. The van der Waals surface area contributed by atoms with Gasteiger partial charge in [0.15, 0.2) is 0 Å². The van der Waals surface area contributed by atoms with Crippen LogP contribution in [-0.2, 0) is 0 Å². The summed E-state index contributed by atoms with van der Waals surface area (Å²) in [5.74, 6) is -1.63. The van der Waals surface area contributed by atoms with Crippen molar-refractivity contribution in [2.75, 3.05) is 10.6 Å². The minimum Gasteiger partial charge on any atom is -0.478 e. The normalized spacial score (nSPS) is 13.1. The van der Waals surface area contributed by atoms with E-state index in [0.29, 0.717) is 22.5 Å². The molecule has 0 saturated heterocycles. The van der Waals surface area contributed by atoms with E-state index in [2.05, 4.69) is 10.6 Å². The fourth-order valence-corrected chi connectivity index (χ4v) is 2.81. The van der Waals surface area contributed by atoms with E-state index >= 15 is 0 Å². The summed E-state index contributed by atoms with van der Waals surface area (Å²) in [7, 11) is 0. The van der Waals surface area contributed by atoms with Gasteiger partial charge in [-0.3, -0.25) is 14.9 Å². The van der Waals surface area contributed by atoms with Crippen molar-refractivity contribution in [1.29, 1.82) is 0 Å². The van der Waals surface area contributed by atoms with Gasteiger partial charge in [0.2, 0.25) is 0 Å². The number of aromatic carboxylic acids is 1. The first kappa shape index (κ1) is 18.4. The van der Waals surface area contributed by atoms with E-state index in [1.807, 2.05) is 0 Å². The fourth-order valence-electron chi connectivity index (χ4n) is 2.81. The minimum atomic E-state index is -1.09. The summed E-state index contributed by atoms with van der Waals surface area (Å²) in [6.07, 6.45) is 1.94. The van der Waals surface area contributed by atoms with Gasteiger partial charge in [-0.05, 0) is 56.0 Å². The number of nitrogens with one attached hydrogen (secondary N) is 2. The molecule has 1 aliphatic rings. The van der Waals surface area contributed by atoms with E-state index in [1.54, 1.807) is 19.9 Å². The smallest absolute Gasteiger partial charge is 0.336 e. The number of anilines is 2. The number of nitrogens with zero attached hydrogens (tertiary/aromatic N) is 1. The highest BCUT2D eigenvalue weighted by Gasteiger charge is 2.25. The lowest BCUT2D eigenvalue weighted by Crippen LogP contribution is -2.15. The quantitative estimate of drug-likeness (QED) is 0.527. The van der Waals surface area contributed by atoms with Gasteiger partial charge in [0, 0.05) is 23.4 Å². The minimum absolute atomic E-state index is 0.0888. The molecule has 1 fully saturated rings. The molecule has 0 unspecified atom stereocenters. The number of benzene rings is 2. The predicted octanol–water partition coefficient (Wildman–Crippen LogP) is 3.74. The Morgan fingerprint density at radius 3 is 2.41 bits per heavy atom. The van der Waals surface area contributed by atoms with Crippen molar-refractivity contribution in [3.8, 4) is 0 Å². The van der Waals surface area contributed by atoms with Crippen molar-refractivity contribution in [3.63, 3.8) is 0 Å². The van der Waals surface area contributed by atoms with Crippen LogP contribution < -0.4 is 10.6 Å². The van der Waals surface area contributed by atoms with E-state index in [9.17, 15) is 24.8 Å². The zero-order valence-corrected chi connectivity index (χ0v) is 14.9. The van der Waals surface area contributed by atoms with Crippen LogP contribution in [0.3, 0.4) is 0 Å². The molecular weight excluding hydrogens is 350 g/mol. The maximum atomic E-state index is 12.6. The molecule has 3 N–H and O–H groups in total. The molecule has 0 spiro atoms. The summed E-state index contributed by atoms with van der Waals surface area (Å²) < 4.78 is 0. The topological polar surface area (TPSA) is 122 Å². The molecule has 1 saturated carbocycles. The van der Waals surface area contributed by atoms with Crippen LogP contribution in [0, 0.1) is 24.0 Å². The molecule has 0 heterocycles. The second-order valence-electron chi connectivity index (χ2n) is 6.65. The number of amides is 1. The van der Waals surface area contributed by atoms with E-state index in [1.165, 1.54) is 24.3 Å². The molecule has 0 radical (unpaired) electrons. The number of aryl methyl sites for hydroxylation is 2. The highest BCUT2D eigenvalue weighted by atomic mass is 16.6. The lowest BCUT2D eigenvalue weighted by atomic mass is 10.0. The highest BCUT2D eigenvalue weighted by Crippen LogP contribution is 2.32. The van der Waals surface area contributed by atoms with Crippen LogP contribution in [0.25, 0.3) is 0 Å². The summed E-state index contributed by atoms with van der Waals surface area (Å²) in [5, 5.41) is 26.3. The van der Waals surface area contributed by atoms with Crippen LogP contribution >= 0.6 is 0 Å². The van der Waals surface area contributed by atoms with E-state index < -0.39 is 16.8 Å². The number of nitro groups is 1. The van der Waals surface area contributed by atoms with Crippen molar-refractivity contribution in [3.05, 3.63) is 62.7 Å². The Morgan fingerprint density at radius 1 is 1.11 bits per heavy atom. The van der Waals surface area contributed by atoms with Crippen LogP contribution in [-0.4, -0.2) is 27.9 Å². The van der Waals surface area contributed by atoms with Crippen molar-refractivity contribution < 1.29 is 19.6 Å². The number of carboxylic acid groups (broad SMARTS) is 1. The molecule has 0 aromatic heterocycles. The SMILES string of the molecule is Cc1cc(C)c(C(=O)O)cc1NC(=O)c1ccc(NC2CC2)c([N+](=O)[O-])c1. The van der Waals surface area contributed by atoms with Gasteiger partial charge >= 0.3 is 5.97 Å². The number of carbonyl (C=O) groups is 2. The zero-order valence-electron chi connectivity index (χ0n) is 14.9. The second-order valence-corrected chi connectivity index (χ2v) is 6.65. The van der Waals surface area contributed by atoms with Crippen LogP contribution in [0.4, 0.5) is 17.1 Å². The van der Waals surface area contributed by atoms with Gasteiger partial charge in [-0.15, -0.1) is 0 Å². The van der Waals surface area contributed by atoms with Crippen LogP contribution in [0.1, 0.15) is 44.7 Å². The Kier molecular flexibility index (Phi) is 4.81. The summed E-state index contributed by atoms with van der Waals surface area (Å²) in [6, 6.07) is 7.56. The number of rotatable bonds is 6. The number of hydrogen-bond donors (Lipinski definition) is 3. The molecule has 140 valence electrons.